The molecule has 0 spiro atoms. The molecule has 3 rings (SSSR count). The molecule has 0 radical (unpaired) electrons. The summed E-state index contributed by atoms with van der Waals surface area (Å²) in [7, 11) is 0. The minimum atomic E-state index is -0.810. The predicted molar refractivity (Wildman–Crippen MR) is 83.4 cm³/mol. The summed E-state index contributed by atoms with van der Waals surface area (Å²) in [6.07, 6.45) is -0.762. The maximum atomic E-state index is 12.0. The van der Waals surface area contributed by atoms with Crippen LogP contribution in [0, 0.1) is 6.92 Å². The summed E-state index contributed by atoms with van der Waals surface area (Å²) in [6.45, 7) is 1.78. The maximum Gasteiger partial charge on any atom is 0.417 e. The Balaban J connectivity index is 1.93. The molecule has 2 aromatic heterocycles. The Morgan fingerprint density at radius 1 is 1.17 bits per heavy atom. The van der Waals surface area contributed by atoms with E-state index in [-0.39, 0.29) is 17.2 Å². The smallest absolute Gasteiger partial charge is 0.417 e. The van der Waals surface area contributed by atoms with Gasteiger partial charge in [0.2, 0.25) is 11.5 Å². The molecule has 2 heterocycles. The number of hydrogen-bond donors (Lipinski definition) is 2. The highest BCUT2D eigenvalue weighted by Crippen LogP contribution is 2.30. The molecule has 0 aliphatic heterocycles. The van der Waals surface area contributed by atoms with Crippen LogP contribution in [0.5, 0.6) is 5.75 Å². The van der Waals surface area contributed by atoms with Gasteiger partial charge < -0.3 is 14.9 Å². The van der Waals surface area contributed by atoms with Crippen molar-refractivity contribution in [3.63, 3.8) is 0 Å². The van der Waals surface area contributed by atoms with Crippen molar-refractivity contribution in [2.75, 3.05) is 5.32 Å². The highest BCUT2D eigenvalue weighted by Gasteiger charge is 2.22. The first kappa shape index (κ1) is 14.6. The van der Waals surface area contributed by atoms with Crippen LogP contribution >= 0.6 is 0 Å². The Kier molecular flexibility index (Phi) is 3.68. The minimum absolute atomic E-state index is 0.140. The van der Waals surface area contributed by atoms with Gasteiger partial charge in [0, 0.05) is 5.69 Å². The second-order valence-corrected chi connectivity index (χ2v) is 4.80. The van der Waals surface area contributed by atoms with E-state index in [4.69, 9.17) is 14.9 Å². The molecule has 3 aromatic rings. The number of amides is 2. The van der Waals surface area contributed by atoms with Crippen LogP contribution in [0.4, 0.5) is 10.5 Å². The third-order valence-electron chi connectivity index (χ3n) is 3.10. The molecule has 0 bridgehead atoms. The third-order valence-corrected chi connectivity index (χ3v) is 3.10. The van der Waals surface area contributed by atoms with E-state index in [2.05, 4.69) is 10.3 Å². The van der Waals surface area contributed by atoms with Crippen LogP contribution < -0.4 is 15.8 Å². The maximum absolute atomic E-state index is 12.0. The van der Waals surface area contributed by atoms with Gasteiger partial charge in [-0.25, -0.2) is 9.78 Å². The van der Waals surface area contributed by atoms with Crippen molar-refractivity contribution in [2.24, 2.45) is 5.73 Å². The van der Waals surface area contributed by atoms with E-state index in [1.165, 1.54) is 0 Å². The van der Waals surface area contributed by atoms with Gasteiger partial charge >= 0.3 is 6.09 Å². The number of aromatic nitrogens is 1. The lowest BCUT2D eigenvalue weighted by Gasteiger charge is -2.06. The molecule has 116 valence electrons. The summed E-state index contributed by atoms with van der Waals surface area (Å²) in [5.74, 6) is -0.619. The standard InChI is InChI=1S/C16H13N3O4/c1-9-7-8-11-12(13(14(17)20)23-15(11)18-9)19-16(21)22-10-5-3-2-4-6-10/h2-8H,1H3,(H2,17,20)(H,19,21). The van der Waals surface area contributed by atoms with E-state index in [0.29, 0.717) is 16.8 Å². The van der Waals surface area contributed by atoms with Gasteiger partial charge in [0.1, 0.15) is 11.4 Å². The number of nitrogens with zero attached hydrogens (tertiary/aromatic N) is 1. The summed E-state index contributed by atoms with van der Waals surface area (Å²) < 4.78 is 10.5. The molecule has 0 atom stereocenters. The van der Waals surface area contributed by atoms with Crippen molar-refractivity contribution in [2.45, 2.75) is 6.92 Å². The highest BCUT2D eigenvalue weighted by molar-refractivity contribution is 6.08. The number of aryl methyl sites for hydroxylation is 1. The van der Waals surface area contributed by atoms with Gasteiger partial charge in [-0.05, 0) is 31.2 Å². The Hall–Kier alpha value is -3.35. The first-order chi connectivity index (χ1) is 11.0. The van der Waals surface area contributed by atoms with Gasteiger partial charge in [-0.2, -0.15) is 0 Å². The normalized spacial score (nSPS) is 10.5. The van der Waals surface area contributed by atoms with Crippen LogP contribution in [0.15, 0.2) is 46.9 Å². The number of furan rings is 1. The molecule has 0 unspecified atom stereocenters. The van der Waals surface area contributed by atoms with Crippen LogP contribution in [0.1, 0.15) is 16.2 Å². The van der Waals surface area contributed by atoms with Crippen molar-refractivity contribution in [1.82, 2.24) is 4.98 Å². The third kappa shape index (κ3) is 2.98. The summed E-state index contributed by atoms with van der Waals surface area (Å²) in [6, 6.07) is 11.9. The van der Waals surface area contributed by atoms with Gasteiger partial charge in [0.05, 0.1) is 5.39 Å². The van der Waals surface area contributed by atoms with Crippen LogP contribution in [-0.2, 0) is 0 Å². The molecule has 0 aliphatic carbocycles. The zero-order valence-corrected chi connectivity index (χ0v) is 12.2. The molecule has 2 amide bonds. The summed E-state index contributed by atoms with van der Waals surface area (Å²) in [4.78, 5) is 27.7. The van der Waals surface area contributed by atoms with Crippen LogP contribution in [0.25, 0.3) is 11.1 Å². The average Bonchev–Trinajstić information content (AvgIpc) is 2.86. The number of nitrogens with one attached hydrogen (secondary N) is 1. The molecule has 1 aromatic carbocycles. The zero-order chi connectivity index (χ0) is 16.4. The largest absolute Gasteiger partial charge is 0.430 e. The van der Waals surface area contributed by atoms with Crippen LogP contribution in [0.2, 0.25) is 0 Å². The Bertz CT molecular complexity index is 887. The van der Waals surface area contributed by atoms with Crippen molar-refractivity contribution in [1.29, 1.82) is 0 Å². The lowest BCUT2D eigenvalue weighted by molar-refractivity contribution is 0.0977. The Morgan fingerprint density at radius 3 is 2.61 bits per heavy atom. The van der Waals surface area contributed by atoms with Crippen molar-refractivity contribution in [3.8, 4) is 5.75 Å². The molecule has 7 heteroatoms. The topological polar surface area (TPSA) is 107 Å². The average molecular weight is 311 g/mol. The van der Waals surface area contributed by atoms with E-state index < -0.39 is 12.0 Å². The fraction of sp³-hybridized carbons (Fsp3) is 0.0625. The number of para-hydroxylation sites is 1. The van der Waals surface area contributed by atoms with E-state index in [1.807, 2.05) is 0 Å². The van der Waals surface area contributed by atoms with Crippen molar-refractivity contribution >= 4 is 28.8 Å². The van der Waals surface area contributed by atoms with Crippen LogP contribution in [0.3, 0.4) is 0 Å². The van der Waals surface area contributed by atoms with Crippen LogP contribution in [-0.4, -0.2) is 17.0 Å². The number of benzene rings is 1. The predicted octanol–water partition coefficient (Wildman–Crippen LogP) is 2.85. The number of carbonyl (C=O) groups excluding carboxylic acids is 2. The first-order valence-corrected chi connectivity index (χ1v) is 6.78. The van der Waals surface area contributed by atoms with Crippen molar-refractivity contribution < 1.29 is 18.7 Å². The second kappa shape index (κ2) is 5.80. The molecule has 23 heavy (non-hydrogen) atoms. The number of nitrogens with two attached hydrogens (primary N) is 1. The van der Waals surface area contributed by atoms with Gasteiger partial charge in [-0.1, -0.05) is 18.2 Å². The number of carbonyl (C=O) groups is 2. The number of ether oxygens (including phenoxy) is 1. The Morgan fingerprint density at radius 2 is 1.91 bits per heavy atom. The number of rotatable bonds is 3. The van der Waals surface area contributed by atoms with E-state index in [0.717, 1.165) is 0 Å². The van der Waals surface area contributed by atoms with E-state index in [9.17, 15) is 9.59 Å². The summed E-state index contributed by atoms with van der Waals surface area (Å²) in [5, 5.41) is 2.95. The molecule has 0 fully saturated rings. The minimum Gasteiger partial charge on any atom is -0.430 e. The zero-order valence-electron chi connectivity index (χ0n) is 12.2. The van der Waals surface area contributed by atoms with Crippen molar-refractivity contribution in [3.05, 3.63) is 53.9 Å². The fourth-order valence-electron chi connectivity index (χ4n) is 2.09. The molecule has 0 saturated carbocycles. The number of primary amides is 1. The molecular formula is C16H13N3O4. The van der Waals surface area contributed by atoms with Gasteiger partial charge in [0.25, 0.3) is 5.91 Å². The summed E-state index contributed by atoms with van der Waals surface area (Å²) in [5.41, 5.74) is 6.36. The monoisotopic (exact) mass is 311 g/mol. The summed E-state index contributed by atoms with van der Waals surface area (Å²) >= 11 is 0. The molecule has 7 nitrogen and oxygen atoms in total. The molecular weight excluding hydrogens is 298 g/mol. The first-order valence-electron chi connectivity index (χ1n) is 6.78. The molecule has 0 saturated heterocycles. The number of fused-ring (bicyclic) bond motifs is 1. The van der Waals surface area contributed by atoms with Gasteiger partial charge in [-0.15, -0.1) is 0 Å². The lowest BCUT2D eigenvalue weighted by Crippen LogP contribution is -2.19. The van der Waals surface area contributed by atoms with E-state index >= 15 is 0 Å². The second-order valence-electron chi connectivity index (χ2n) is 4.80. The number of pyridine rings is 1. The van der Waals surface area contributed by atoms with Gasteiger partial charge in [-0.3, -0.25) is 10.1 Å². The quantitative estimate of drug-likeness (QED) is 0.773. The SMILES string of the molecule is Cc1ccc2c(NC(=O)Oc3ccccc3)c(C(N)=O)oc2n1. The number of anilines is 1. The fourth-order valence-corrected chi connectivity index (χ4v) is 2.09. The highest BCUT2D eigenvalue weighted by atomic mass is 16.6. The molecule has 3 N–H and O–H groups in total. The van der Waals surface area contributed by atoms with Gasteiger partial charge in [0.15, 0.2) is 0 Å². The molecule has 0 aliphatic rings. The lowest BCUT2D eigenvalue weighted by atomic mass is 10.2. The van der Waals surface area contributed by atoms with E-state index in [1.54, 1.807) is 49.4 Å². The number of hydrogen-bond acceptors (Lipinski definition) is 5. The Labute approximate surface area is 131 Å².